The zero-order valence-electron chi connectivity index (χ0n) is 4.58. The summed E-state index contributed by atoms with van der Waals surface area (Å²) in [6, 6.07) is 0. The highest BCUT2D eigenvalue weighted by Crippen LogP contribution is 1.81. The second-order valence-corrected chi connectivity index (χ2v) is 1.34. The van der Waals surface area contributed by atoms with Crippen molar-refractivity contribution >= 4 is 0 Å². The standard InChI is InChI=1S/C5H10O3/c1-2-8-4-5(7)3-6/h2,5-7H,1,3-4H2. The van der Waals surface area contributed by atoms with Gasteiger partial charge in [-0.15, -0.1) is 0 Å². The van der Waals surface area contributed by atoms with Crippen LogP contribution < -0.4 is 0 Å². The molecule has 0 aliphatic carbocycles. The predicted octanol–water partition coefficient (Wildman–Crippen LogP) is -0.500. The Morgan fingerprint density at radius 1 is 1.75 bits per heavy atom. The maximum absolute atomic E-state index is 8.57. The zero-order chi connectivity index (χ0) is 6.41. The van der Waals surface area contributed by atoms with Crippen LogP contribution in [0, 0.1) is 0 Å². The van der Waals surface area contributed by atoms with Crippen LogP contribution in [0.2, 0.25) is 0 Å². The van der Waals surface area contributed by atoms with Gasteiger partial charge in [-0.3, -0.25) is 0 Å². The van der Waals surface area contributed by atoms with Crippen LogP contribution >= 0.6 is 0 Å². The number of rotatable bonds is 4. The van der Waals surface area contributed by atoms with Gasteiger partial charge in [-0.05, 0) is 0 Å². The van der Waals surface area contributed by atoms with Crippen LogP contribution in [-0.4, -0.2) is 29.5 Å². The highest BCUT2D eigenvalue weighted by molar-refractivity contribution is 4.54. The van der Waals surface area contributed by atoms with Crippen molar-refractivity contribution in [3.05, 3.63) is 12.8 Å². The third-order valence-corrected chi connectivity index (χ3v) is 0.617. The van der Waals surface area contributed by atoms with Gasteiger partial charge in [-0.2, -0.15) is 0 Å². The molecule has 1 atom stereocenters. The minimum absolute atomic E-state index is 0.111. The largest absolute Gasteiger partial charge is 0.499 e. The molecular weight excluding hydrogens is 108 g/mol. The Hall–Kier alpha value is -0.540. The van der Waals surface area contributed by atoms with Crippen LogP contribution in [0.1, 0.15) is 0 Å². The highest BCUT2D eigenvalue weighted by atomic mass is 16.5. The van der Waals surface area contributed by atoms with Crippen molar-refractivity contribution in [2.45, 2.75) is 6.10 Å². The Morgan fingerprint density at radius 2 is 2.38 bits per heavy atom. The first-order valence-corrected chi connectivity index (χ1v) is 2.32. The van der Waals surface area contributed by atoms with E-state index in [1.807, 2.05) is 0 Å². The van der Waals surface area contributed by atoms with Crippen molar-refractivity contribution in [3.8, 4) is 0 Å². The van der Waals surface area contributed by atoms with Crippen molar-refractivity contribution in [1.29, 1.82) is 0 Å². The molecule has 3 nitrogen and oxygen atoms in total. The molecule has 0 saturated carbocycles. The molecule has 0 aliphatic heterocycles. The monoisotopic (exact) mass is 118 g/mol. The summed E-state index contributed by atoms with van der Waals surface area (Å²) in [7, 11) is 0. The molecule has 0 fully saturated rings. The highest BCUT2D eigenvalue weighted by Gasteiger charge is 1.97. The molecule has 0 amide bonds. The average molecular weight is 118 g/mol. The Balaban J connectivity index is 2.97. The molecule has 1 unspecified atom stereocenters. The van der Waals surface area contributed by atoms with Crippen molar-refractivity contribution in [3.63, 3.8) is 0 Å². The van der Waals surface area contributed by atoms with E-state index < -0.39 is 6.10 Å². The molecule has 48 valence electrons. The Bertz CT molecular complexity index is 62.7. The molecule has 0 spiro atoms. The van der Waals surface area contributed by atoms with Gasteiger partial charge in [0, 0.05) is 0 Å². The summed E-state index contributed by atoms with van der Waals surface area (Å²) in [5.41, 5.74) is 0. The molecule has 2 N–H and O–H groups in total. The average Bonchev–Trinajstić information content (AvgIpc) is 1.83. The van der Waals surface area contributed by atoms with Crippen LogP contribution in [0.15, 0.2) is 12.8 Å². The zero-order valence-corrected chi connectivity index (χ0v) is 4.58. The lowest BCUT2D eigenvalue weighted by atomic mass is 10.4. The maximum Gasteiger partial charge on any atom is 0.115 e. The van der Waals surface area contributed by atoms with Crippen LogP contribution in [0.25, 0.3) is 0 Å². The van der Waals surface area contributed by atoms with Crippen molar-refractivity contribution in [2.75, 3.05) is 13.2 Å². The fraction of sp³-hybridized carbons (Fsp3) is 0.600. The number of hydrogen-bond donors (Lipinski definition) is 2. The van der Waals surface area contributed by atoms with Gasteiger partial charge in [-0.25, -0.2) is 0 Å². The molecule has 0 aromatic carbocycles. The summed E-state index contributed by atoms with van der Waals surface area (Å²) in [6.07, 6.45) is 0.437. The molecule has 0 rings (SSSR count). The molecule has 3 heteroatoms. The van der Waals surface area contributed by atoms with E-state index in [1.54, 1.807) is 0 Å². The first-order chi connectivity index (χ1) is 3.81. The number of ether oxygens (including phenoxy) is 1. The van der Waals surface area contributed by atoms with Gasteiger partial charge in [0.05, 0.1) is 12.9 Å². The SMILES string of the molecule is C=COCC(O)CO. The predicted molar refractivity (Wildman–Crippen MR) is 29.2 cm³/mol. The fourth-order valence-electron chi connectivity index (χ4n) is 0.232. The molecule has 0 aromatic heterocycles. The summed E-state index contributed by atoms with van der Waals surface area (Å²) in [5.74, 6) is 0. The molecule has 8 heavy (non-hydrogen) atoms. The van der Waals surface area contributed by atoms with Gasteiger partial charge in [-0.1, -0.05) is 6.58 Å². The van der Waals surface area contributed by atoms with Crippen LogP contribution in [-0.2, 0) is 4.74 Å². The molecular formula is C5H10O3. The second-order valence-electron chi connectivity index (χ2n) is 1.34. The van der Waals surface area contributed by atoms with E-state index in [1.165, 1.54) is 6.26 Å². The van der Waals surface area contributed by atoms with Crippen molar-refractivity contribution < 1.29 is 14.9 Å². The fourth-order valence-corrected chi connectivity index (χ4v) is 0.232. The van der Waals surface area contributed by atoms with Gasteiger partial charge in [0.1, 0.15) is 12.7 Å². The normalized spacial score (nSPS) is 12.8. The molecule has 0 bridgehead atoms. The van der Waals surface area contributed by atoms with Crippen molar-refractivity contribution in [2.24, 2.45) is 0 Å². The second kappa shape index (κ2) is 4.61. The molecule has 0 heterocycles. The minimum atomic E-state index is -0.784. The van der Waals surface area contributed by atoms with Crippen LogP contribution in [0.3, 0.4) is 0 Å². The summed E-state index contributed by atoms with van der Waals surface area (Å²) >= 11 is 0. The van der Waals surface area contributed by atoms with E-state index in [2.05, 4.69) is 11.3 Å². The van der Waals surface area contributed by atoms with E-state index in [9.17, 15) is 0 Å². The number of hydrogen-bond acceptors (Lipinski definition) is 3. The summed E-state index contributed by atoms with van der Waals surface area (Å²) in [5, 5.41) is 16.8. The summed E-state index contributed by atoms with van der Waals surface area (Å²) in [6.45, 7) is 3.09. The summed E-state index contributed by atoms with van der Waals surface area (Å²) in [4.78, 5) is 0. The van der Waals surface area contributed by atoms with Gasteiger partial charge >= 0.3 is 0 Å². The lowest BCUT2D eigenvalue weighted by Gasteiger charge is -2.03. The number of aliphatic hydroxyl groups excluding tert-OH is 2. The van der Waals surface area contributed by atoms with Gasteiger partial charge < -0.3 is 14.9 Å². The third kappa shape index (κ3) is 3.64. The lowest BCUT2D eigenvalue weighted by molar-refractivity contribution is 0.0387. The van der Waals surface area contributed by atoms with E-state index >= 15 is 0 Å². The summed E-state index contributed by atoms with van der Waals surface area (Å²) < 4.78 is 4.54. The van der Waals surface area contributed by atoms with E-state index in [4.69, 9.17) is 10.2 Å². The first-order valence-electron chi connectivity index (χ1n) is 2.32. The molecule has 0 aliphatic rings. The Morgan fingerprint density at radius 3 is 2.75 bits per heavy atom. The Kier molecular flexibility index (Phi) is 4.30. The Labute approximate surface area is 48.2 Å². The van der Waals surface area contributed by atoms with E-state index in [0.717, 1.165) is 0 Å². The topological polar surface area (TPSA) is 49.7 Å². The van der Waals surface area contributed by atoms with Crippen LogP contribution in [0.4, 0.5) is 0 Å². The molecule has 0 aromatic rings. The molecule has 0 saturated heterocycles. The lowest BCUT2D eigenvalue weighted by Crippen LogP contribution is -2.17. The number of aliphatic hydroxyl groups is 2. The van der Waals surface area contributed by atoms with Gasteiger partial charge in [0.25, 0.3) is 0 Å². The van der Waals surface area contributed by atoms with E-state index in [0.29, 0.717) is 0 Å². The smallest absolute Gasteiger partial charge is 0.115 e. The van der Waals surface area contributed by atoms with Gasteiger partial charge in [0.15, 0.2) is 0 Å². The van der Waals surface area contributed by atoms with E-state index in [-0.39, 0.29) is 13.2 Å². The quantitative estimate of drug-likeness (QED) is 0.489. The maximum atomic E-state index is 8.57. The third-order valence-electron chi connectivity index (χ3n) is 0.617. The van der Waals surface area contributed by atoms with Gasteiger partial charge in [0.2, 0.25) is 0 Å². The first kappa shape index (κ1) is 7.46. The van der Waals surface area contributed by atoms with Crippen molar-refractivity contribution in [1.82, 2.24) is 0 Å². The minimum Gasteiger partial charge on any atom is -0.499 e. The van der Waals surface area contributed by atoms with Crippen LogP contribution in [0.5, 0.6) is 0 Å². The molecule has 0 radical (unpaired) electrons.